The highest BCUT2D eigenvalue weighted by Crippen LogP contribution is 2.23. The van der Waals surface area contributed by atoms with Gasteiger partial charge in [-0.1, -0.05) is 23.7 Å². The number of hydrogen-bond donors (Lipinski definition) is 1. The normalized spacial score (nSPS) is 10.6. The van der Waals surface area contributed by atoms with Crippen molar-refractivity contribution in [2.75, 3.05) is 12.4 Å². The summed E-state index contributed by atoms with van der Waals surface area (Å²) in [6.45, 7) is 0.496. The first-order valence-corrected chi connectivity index (χ1v) is 8.31. The van der Waals surface area contributed by atoms with Crippen molar-refractivity contribution >= 4 is 34.7 Å². The molecular formula is C15H15ClN6OS. The first kappa shape index (κ1) is 16.4. The predicted molar refractivity (Wildman–Crippen MR) is 94.0 cm³/mol. The fourth-order valence-corrected chi connectivity index (χ4v) is 3.31. The molecular weight excluding hydrogens is 348 g/mol. The topological polar surface area (TPSA) is 75.9 Å². The van der Waals surface area contributed by atoms with Crippen LogP contribution in [-0.2, 0) is 13.6 Å². The van der Waals surface area contributed by atoms with Crippen molar-refractivity contribution in [1.29, 1.82) is 0 Å². The van der Waals surface area contributed by atoms with Crippen LogP contribution in [0.25, 0.3) is 11.4 Å². The lowest BCUT2D eigenvalue weighted by molar-refractivity contribution is 0.221. The Morgan fingerprint density at radius 3 is 2.88 bits per heavy atom. The highest BCUT2D eigenvalue weighted by Gasteiger charge is 2.12. The number of halogens is 1. The summed E-state index contributed by atoms with van der Waals surface area (Å²) >= 11 is 7.37. The van der Waals surface area contributed by atoms with Gasteiger partial charge in [0.05, 0.1) is 10.9 Å². The molecule has 0 saturated heterocycles. The van der Waals surface area contributed by atoms with Gasteiger partial charge in [0.2, 0.25) is 0 Å². The van der Waals surface area contributed by atoms with Gasteiger partial charge in [-0.25, -0.2) is 9.48 Å². The van der Waals surface area contributed by atoms with Crippen LogP contribution in [0.15, 0.2) is 36.4 Å². The maximum atomic E-state index is 12.3. The summed E-state index contributed by atoms with van der Waals surface area (Å²) in [5.41, 5.74) is 1.50. The van der Waals surface area contributed by atoms with E-state index in [-0.39, 0.29) is 6.03 Å². The number of carbonyl (C=O) groups is 1. The molecule has 1 N–H and O–H groups in total. The van der Waals surface area contributed by atoms with Crippen LogP contribution in [0.5, 0.6) is 0 Å². The number of urea groups is 1. The second-order valence-electron chi connectivity index (χ2n) is 5.20. The maximum Gasteiger partial charge on any atom is 0.321 e. The molecule has 2 heterocycles. The number of hydrogen-bond acceptors (Lipinski definition) is 5. The number of nitrogens with one attached hydrogen (secondary N) is 1. The number of amides is 2. The molecule has 0 aliphatic rings. The van der Waals surface area contributed by atoms with E-state index in [2.05, 4.69) is 20.8 Å². The first-order chi connectivity index (χ1) is 11.5. The van der Waals surface area contributed by atoms with Crippen molar-refractivity contribution in [1.82, 2.24) is 25.1 Å². The Balaban J connectivity index is 1.69. The summed E-state index contributed by atoms with van der Waals surface area (Å²) in [7, 11) is 3.50. The fourth-order valence-electron chi connectivity index (χ4n) is 2.17. The van der Waals surface area contributed by atoms with Crippen LogP contribution in [0.3, 0.4) is 0 Å². The average Bonchev–Trinajstić information content (AvgIpc) is 3.16. The molecule has 24 heavy (non-hydrogen) atoms. The van der Waals surface area contributed by atoms with Gasteiger partial charge in [-0.2, -0.15) is 0 Å². The number of benzene rings is 1. The van der Waals surface area contributed by atoms with Crippen molar-refractivity contribution in [3.8, 4) is 11.4 Å². The van der Waals surface area contributed by atoms with Crippen molar-refractivity contribution in [3.63, 3.8) is 0 Å². The SMILES string of the molecule is CN(Cc1ccc(Cl)s1)C(=O)Nc1cccc(-c2nnnn2C)c1. The molecule has 0 unspecified atom stereocenters. The smallest absolute Gasteiger partial charge is 0.321 e. The second-order valence-corrected chi connectivity index (χ2v) is 7.00. The minimum Gasteiger partial charge on any atom is -0.322 e. The molecule has 0 bridgehead atoms. The van der Waals surface area contributed by atoms with Crippen molar-refractivity contribution in [3.05, 3.63) is 45.6 Å². The number of tetrazole rings is 1. The van der Waals surface area contributed by atoms with Gasteiger partial charge >= 0.3 is 6.03 Å². The largest absolute Gasteiger partial charge is 0.322 e. The highest BCUT2D eigenvalue weighted by molar-refractivity contribution is 7.16. The van der Waals surface area contributed by atoms with E-state index >= 15 is 0 Å². The first-order valence-electron chi connectivity index (χ1n) is 7.12. The van der Waals surface area contributed by atoms with Crippen LogP contribution in [0.2, 0.25) is 4.34 Å². The van der Waals surface area contributed by atoms with E-state index in [0.29, 0.717) is 22.4 Å². The van der Waals surface area contributed by atoms with Gasteiger partial charge in [0.15, 0.2) is 5.82 Å². The lowest BCUT2D eigenvalue weighted by Crippen LogP contribution is -2.30. The Bertz CT molecular complexity index is 861. The quantitative estimate of drug-likeness (QED) is 0.772. The van der Waals surface area contributed by atoms with Gasteiger partial charge in [0, 0.05) is 30.2 Å². The molecule has 124 valence electrons. The molecule has 2 aromatic heterocycles. The predicted octanol–water partition coefficient (Wildman–Crippen LogP) is 3.26. The third-order valence-corrected chi connectivity index (χ3v) is 4.58. The Morgan fingerprint density at radius 2 is 2.21 bits per heavy atom. The molecule has 0 saturated carbocycles. The number of rotatable bonds is 4. The van der Waals surface area contributed by atoms with E-state index in [0.717, 1.165) is 10.4 Å². The van der Waals surface area contributed by atoms with Crippen molar-refractivity contribution in [2.24, 2.45) is 7.05 Å². The number of carbonyl (C=O) groups excluding carboxylic acids is 1. The van der Waals surface area contributed by atoms with Gasteiger partial charge in [-0.15, -0.1) is 16.4 Å². The average molecular weight is 363 g/mol. The third-order valence-electron chi connectivity index (χ3n) is 3.36. The van der Waals surface area contributed by atoms with Gasteiger partial charge in [0.1, 0.15) is 0 Å². The standard InChI is InChI=1S/C15H15ClN6OS/c1-21(9-12-6-7-13(16)24-12)15(23)17-11-5-3-4-10(8-11)14-18-19-20-22(14)2/h3-8H,9H2,1-2H3,(H,17,23). The molecule has 0 fully saturated rings. The van der Waals surface area contributed by atoms with E-state index < -0.39 is 0 Å². The van der Waals surface area contributed by atoms with Crippen LogP contribution in [0.1, 0.15) is 4.88 Å². The van der Waals surface area contributed by atoms with Gasteiger partial charge in [0.25, 0.3) is 0 Å². The second kappa shape index (κ2) is 6.98. The Hall–Kier alpha value is -2.45. The van der Waals surface area contributed by atoms with Gasteiger partial charge < -0.3 is 10.2 Å². The Kier molecular flexibility index (Phi) is 4.77. The zero-order valence-corrected chi connectivity index (χ0v) is 14.7. The fraction of sp³-hybridized carbons (Fsp3) is 0.200. The summed E-state index contributed by atoms with van der Waals surface area (Å²) in [5, 5.41) is 14.3. The van der Waals surface area contributed by atoms with E-state index in [1.54, 1.807) is 23.7 Å². The Labute approximate surface area is 147 Å². The molecule has 2 amide bonds. The zero-order valence-electron chi connectivity index (χ0n) is 13.1. The summed E-state index contributed by atoms with van der Waals surface area (Å²) in [6, 6.07) is 10.9. The monoisotopic (exact) mass is 362 g/mol. The molecule has 0 aliphatic carbocycles. The van der Waals surface area contributed by atoms with Crippen LogP contribution >= 0.6 is 22.9 Å². The summed E-state index contributed by atoms with van der Waals surface area (Å²) < 4.78 is 2.29. The number of thiophene rings is 1. The summed E-state index contributed by atoms with van der Waals surface area (Å²) in [5.74, 6) is 0.632. The molecule has 0 radical (unpaired) electrons. The number of anilines is 1. The molecule has 3 aromatic rings. The highest BCUT2D eigenvalue weighted by atomic mass is 35.5. The number of aromatic nitrogens is 4. The van der Waals surface area contributed by atoms with Gasteiger partial charge in [-0.3, -0.25) is 0 Å². The summed E-state index contributed by atoms with van der Waals surface area (Å²) in [4.78, 5) is 14.9. The van der Waals surface area contributed by atoms with Crippen LogP contribution in [0, 0.1) is 0 Å². The molecule has 0 spiro atoms. The van der Waals surface area contributed by atoms with Crippen LogP contribution < -0.4 is 5.32 Å². The van der Waals surface area contributed by atoms with Gasteiger partial charge in [-0.05, 0) is 34.7 Å². The Morgan fingerprint density at radius 1 is 1.38 bits per heavy atom. The maximum absolute atomic E-state index is 12.3. The minimum absolute atomic E-state index is 0.201. The summed E-state index contributed by atoms with van der Waals surface area (Å²) in [6.07, 6.45) is 0. The zero-order chi connectivity index (χ0) is 17.1. The molecule has 9 heteroatoms. The van der Waals surface area contributed by atoms with E-state index in [1.165, 1.54) is 11.3 Å². The lowest BCUT2D eigenvalue weighted by Gasteiger charge is -2.17. The molecule has 1 aromatic carbocycles. The van der Waals surface area contributed by atoms with E-state index in [4.69, 9.17) is 11.6 Å². The van der Waals surface area contributed by atoms with Crippen LogP contribution in [0.4, 0.5) is 10.5 Å². The van der Waals surface area contributed by atoms with Crippen LogP contribution in [-0.4, -0.2) is 38.2 Å². The molecule has 0 aliphatic heterocycles. The van der Waals surface area contributed by atoms with Crippen molar-refractivity contribution < 1.29 is 4.79 Å². The molecule has 3 rings (SSSR count). The third kappa shape index (κ3) is 3.72. The molecule has 7 nitrogen and oxygen atoms in total. The number of aryl methyl sites for hydroxylation is 1. The molecule has 0 atom stereocenters. The van der Waals surface area contributed by atoms with E-state index in [9.17, 15) is 4.79 Å². The lowest BCUT2D eigenvalue weighted by atomic mass is 10.2. The number of nitrogens with zero attached hydrogens (tertiary/aromatic N) is 5. The van der Waals surface area contributed by atoms with Crippen molar-refractivity contribution in [2.45, 2.75) is 6.54 Å². The van der Waals surface area contributed by atoms with E-state index in [1.807, 2.05) is 36.4 Å². The minimum atomic E-state index is -0.201.